The first-order chi connectivity index (χ1) is 11.3. The number of nitrogens with one attached hydrogen (secondary N) is 2. The summed E-state index contributed by atoms with van der Waals surface area (Å²) in [5.41, 5.74) is 2.26. The molecule has 0 saturated carbocycles. The van der Waals surface area contributed by atoms with Gasteiger partial charge in [-0.2, -0.15) is 5.10 Å². The number of rotatable bonds is 7. The van der Waals surface area contributed by atoms with Gasteiger partial charge in [0.25, 0.3) is 0 Å². The number of H-pyrrole nitrogens is 1. The molecule has 0 aliphatic rings. The minimum absolute atomic E-state index is 0.645. The molecule has 0 fully saturated rings. The smallest absolute Gasteiger partial charge is 0.195 e. The van der Waals surface area contributed by atoms with Crippen LogP contribution in [0.2, 0.25) is 0 Å². The van der Waals surface area contributed by atoms with E-state index in [1.54, 1.807) is 12.4 Å². The van der Waals surface area contributed by atoms with Crippen LogP contribution >= 0.6 is 12.2 Å². The highest BCUT2D eigenvalue weighted by Gasteiger charge is 2.08. The second kappa shape index (κ2) is 7.80. The van der Waals surface area contributed by atoms with E-state index in [-0.39, 0.29) is 0 Å². The first-order valence-corrected chi connectivity index (χ1v) is 8.05. The average molecular weight is 325 g/mol. The fraction of sp³-hybridized carbons (Fsp3) is 0.235. The minimum atomic E-state index is 0.645. The monoisotopic (exact) mass is 325 g/mol. The number of aromatic amines is 1. The molecule has 3 rings (SSSR count). The van der Waals surface area contributed by atoms with Gasteiger partial charge in [0.05, 0.1) is 0 Å². The van der Waals surface area contributed by atoms with Crippen molar-refractivity contribution in [1.82, 2.24) is 25.1 Å². The topological polar surface area (TPSA) is 58.5 Å². The van der Waals surface area contributed by atoms with E-state index in [0.29, 0.717) is 4.77 Å². The quantitative estimate of drug-likeness (QED) is 0.517. The van der Waals surface area contributed by atoms with Crippen molar-refractivity contribution in [2.75, 3.05) is 6.54 Å². The van der Waals surface area contributed by atoms with Crippen molar-refractivity contribution in [1.29, 1.82) is 0 Å². The summed E-state index contributed by atoms with van der Waals surface area (Å²) in [6, 6.07) is 14.3. The van der Waals surface area contributed by atoms with Crippen LogP contribution < -0.4 is 5.32 Å². The summed E-state index contributed by atoms with van der Waals surface area (Å²) < 4.78 is 2.67. The van der Waals surface area contributed by atoms with Crippen LogP contribution in [0.25, 0.3) is 11.4 Å². The Morgan fingerprint density at radius 1 is 1.13 bits per heavy atom. The van der Waals surface area contributed by atoms with Gasteiger partial charge >= 0.3 is 0 Å². The van der Waals surface area contributed by atoms with Gasteiger partial charge in [0.15, 0.2) is 10.6 Å². The van der Waals surface area contributed by atoms with E-state index in [1.165, 1.54) is 5.56 Å². The Morgan fingerprint density at radius 2 is 2.00 bits per heavy atom. The fourth-order valence-electron chi connectivity index (χ4n) is 2.43. The van der Waals surface area contributed by atoms with E-state index in [0.717, 1.165) is 37.4 Å². The van der Waals surface area contributed by atoms with Crippen LogP contribution in [0.4, 0.5) is 0 Å². The predicted molar refractivity (Wildman–Crippen MR) is 93.4 cm³/mol. The highest BCUT2D eigenvalue weighted by atomic mass is 32.1. The summed E-state index contributed by atoms with van der Waals surface area (Å²) in [6.45, 7) is 2.63. The predicted octanol–water partition coefficient (Wildman–Crippen LogP) is 3.18. The van der Waals surface area contributed by atoms with Crippen molar-refractivity contribution in [3.05, 3.63) is 65.2 Å². The Morgan fingerprint density at radius 3 is 2.78 bits per heavy atom. The lowest BCUT2D eigenvalue weighted by Gasteiger charge is -2.08. The molecule has 5 nitrogen and oxygen atoms in total. The molecule has 0 bridgehead atoms. The lowest BCUT2D eigenvalue weighted by Crippen LogP contribution is -2.16. The maximum absolute atomic E-state index is 5.33. The minimum Gasteiger partial charge on any atom is -0.313 e. The van der Waals surface area contributed by atoms with Crippen LogP contribution in [0.1, 0.15) is 12.0 Å². The Kier molecular flexibility index (Phi) is 5.29. The largest absolute Gasteiger partial charge is 0.313 e. The molecule has 2 aromatic heterocycles. The third kappa shape index (κ3) is 4.12. The standard InChI is InChI=1S/C17H19N5S/c23-17-21-20-16(15-8-4-9-19-13-15)22(17)11-5-10-18-12-14-6-2-1-3-7-14/h1-4,6-9,13,18H,5,10-12H2,(H,21,23). The molecule has 0 spiro atoms. The molecule has 2 heterocycles. The molecular formula is C17H19N5S. The van der Waals surface area contributed by atoms with Gasteiger partial charge in [-0.05, 0) is 42.9 Å². The van der Waals surface area contributed by atoms with Gasteiger partial charge in [0.1, 0.15) is 0 Å². The number of nitrogens with zero attached hydrogens (tertiary/aromatic N) is 3. The summed E-state index contributed by atoms with van der Waals surface area (Å²) >= 11 is 5.33. The van der Waals surface area contributed by atoms with Crippen molar-refractivity contribution in [2.24, 2.45) is 0 Å². The fourth-order valence-corrected chi connectivity index (χ4v) is 2.65. The number of hydrogen-bond donors (Lipinski definition) is 2. The Hall–Kier alpha value is -2.31. The highest BCUT2D eigenvalue weighted by molar-refractivity contribution is 7.71. The van der Waals surface area contributed by atoms with Gasteiger partial charge in [-0.3, -0.25) is 10.1 Å². The molecule has 0 radical (unpaired) electrons. The maximum atomic E-state index is 5.33. The third-order valence-electron chi connectivity index (χ3n) is 3.59. The molecule has 0 amide bonds. The van der Waals surface area contributed by atoms with Gasteiger partial charge in [-0.1, -0.05) is 30.3 Å². The van der Waals surface area contributed by atoms with Gasteiger partial charge in [-0.15, -0.1) is 0 Å². The molecule has 0 unspecified atom stereocenters. The zero-order valence-electron chi connectivity index (χ0n) is 12.8. The molecule has 0 aliphatic carbocycles. The second-order valence-corrected chi connectivity index (χ2v) is 5.65. The first-order valence-electron chi connectivity index (χ1n) is 7.65. The number of aromatic nitrogens is 4. The molecule has 2 N–H and O–H groups in total. The molecular weight excluding hydrogens is 306 g/mol. The summed E-state index contributed by atoms with van der Waals surface area (Å²) in [5.74, 6) is 0.839. The second-order valence-electron chi connectivity index (χ2n) is 5.26. The molecule has 0 aliphatic heterocycles. The molecule has 6 heteroatoms. The van der Waals surface area contributed by atoms with Gasteiger partial charge in [-0.25, -0.2) is 0 Å². The van der Waals surface area contributed by atoms with Crippen molar-refractivity contribution in [3.8, 4) is 11.4 Å². The summed E-state index contributed by atoms with van der Waals surface area (Å²) in [4.78, 5) is 4.14. The zero-order valence-corrected chi connectivity index (χ0v) is 13.6. The molecule has 23 heavy (non-hydrogen) atoms. The number of pyridine rings is 1. The Bertz CT molecular complexity index is 780. The number of benzene rings is 1. The average Bonchev–Trinajstić information content (AvgIpc) is 2.97. The summed E-state index contributed by atoms with van der Waals surface area (Å²) in [7, 11) is 0. The third-order valence-corrected chi connectivity index (χ3v) is 3.90. The van der Waals surface area contributed by atoms with E-state index in [1.807, 2.05) is 22.8 Å². The van der Waals surface area contributed by atoms with Crippen LogP contribution in [0.5, 0.6) is 0 Å². The zero-order chi connectivity index (χ0) is 15.9. The van der Waals surface area contributed by atoms with Crippen molar-refractivity contribution in [3.63, 3.8) is 0 Å². The van der Waals surface area contributed by atoms with E-state index >= 15 is 0 Å². The summed E-state index contributed by atoms with van der Waals surface area (Å²) in [6.07, 6.45) is 4.53. The lowest BCUT2D eigenvalue weighted by atomic mass is 10.2. The molecule has 118 valence electrons. The van der Waals surface area contributed by atoms with Crippen LogP contribution in [0.15, 0.2) is 54.9 Å². The molecule has 0 atom stereocenters. The first kappa shape index (κ1) is 15.6. The van der Waals surface area contributed by atoms with Gasteiger partial charge in [0.2, 0.25) is 0 Å². The molecule has 1 aromatic carbocycles. The molecule has 3 aromatic rings. The van der Waals surface area contributed by atoms with Crippen molar-refractivity contribution < 1.29 is 0 Å². The lowest BCUT2D eigenvalue weighted by molar-refractivity contribution is 0.579. The van der Waals surface area contributed by atoms with Crippen molar-refractivity contribution >= 4 is 12.2 Å². The van der Waals surface area contributed by atoms with E-state index in [4.69, 9.17) is 12.2 Å². The van der Waals surface area contributed by atoms with Crippen LogP contribution in [0.3, 0.4) is 0 Å². The van der Waals surface area contributed by atoms with E-state index in [2.05, 4.69) is 44.8 Å². The Labute approximate surface area is 140 Å². The van der Waals surface area contributed by atoms with E-state index < -0.39 is 0 Å². The van der Waals surface area contributed by atoms with E-state index in [9.17, 15) is 0 Å². The normalized spacial score (nSPS) is 10.8. The van der Waals surface area contributed by atoms with Crippen LogP contribution in [0, 0.1) is 4.77 Å². The van der Waals surface area contributed by atoms with Crippen molar-refractivity contribution in [2.45, 2.75) is 19.5 Å². The highest BCUT2D eigenvalue weighted by Crippen LogP contribution is 2.15. The molecule has 0 saturated heterocycles. The van der Waals surface area contributed by atoms with Gasteiger partial charge in [0, 0.05) is 31.0 Å². The Balaban J connectivity index is 1.55. The number of hydrogen-bond acceptors (Lipinski definition) is 4. The SMILES string of the molecule is S=c1[nH]nc(-c2cccnc2)n1CCCNCc1ccccc1. The van der Waals surface area contributed by atoms with Gasteiger partial charge < -0.3 is 9.88 Å². The van der Waals surface area contributed by atoms with Crippen LogP contribution in [-0.4, -0.2) is 26.3 Å². The van der Waals surface area contributed by atoms with Crippen LogP contribution in [-0.2, 0) is 13.1 Å². The maximum Gasteiger partial charge on any atom is 0.195 e. The summed E-state index contributed by atoms with van der Waals surface area (Å²) in [5, 5.41) is 10.6.